The molecule has 0 aliphatic carbocycles. The van der Waals surface area contributed by atoms with Gasteiger partial charge in [-0.3, -0.25) is 9.59 Å². The molecule has 0 saturated carbocycles. The van der Waals surface area contributed by atoms with Crippen LogP contribution >= 0.6 is 0 Å². The largest absolute Gasteiger partial charge is 0.494 e. The summed E-state index contributed by atoms with van der Waals surface area (Å²) in [6.07, 6.45) is 1.56. The zero-order valence-electron chi connectivity index (χ0n) is 14.2. The van der Waals surface area contributed by atoms with Crippen molar-refractivity contribution >= 4 is 11.6 Å². The first kappa shape index (κ1) is 17.0. The van der Waals surface area contributed by atoms with Crippen molar-refractivity contribution in [2.75, 3.05) is 38.2 Å². The minimum atomic E-state index is -0.343. The highest BCUT2D eigenvalue weighted by molar-refractivity contribution is 5.94. The molecule has 132 valence electrons. The molecule has 0 radical (unpaired) electrons. The predicted molar refractivity (Wildman–Crippen MR) is 92.8 cm³/mol. The Labute approximate surface area is 145 Å². The minimum Gasteiger partial charge on any atom is -0.494 e. The van der Waals surface area contributed by atoms with E-state index in [-0.39, 0.29) is 17.3 Å². The zero-order valence-corrected chi connectivity index (χ0v) is 14.2. The van der Waals surface area contributed by atoms with Crippen molar-refractivity contribution in [3.8, 4) is 5.75 Å². The lowest BCUT2D eigenvalue weighted by atomic mass is 10.2. The molecule has 1 saturated heterocycles. The Morgan fingerprint density at radius 1 is 1.12 bits per heavy atom. The van der Waals surface area contributed by atoms with E-state index in [1.54, 1.807) is 30.3 Å². The zero-order chi connectivity index (χ0) is 18.0. The third-order valence-electron chi connectivity index (χ3n) is 4.38. The van der Waals surface area contributed by atoms with Gasteiger partial charge in [0.25, 0.3) is 5.91 Å². The number of amides is 1. The number of piperazine rings is 1. The number of benzene rings is 1. The monoisotopic (exact) mass is 345 g/mol. The van der Waals surface area contributed by atoms with Crippen molar-refractivity contribution in [3.63, 3.8) is 0 Å². The van der Waals surface area contributed by atoms with Crippen LogP contribution in [0.4, 0.5) is 10.1 Å². The van der Waals surface area contributed by atoms with Gasteiger partial charge in [0.05, 0.1) is 18.4 Å². The number of halogens is 1. The molecule has 7 heteroatoms. The number of ether oxygens (including phenoxy) is 1. The van der Waals surface area contributed by atoms with Crippen LogP contribution in [0.5, 0.6) is 5.75 Å². The van der Waals surface area contributed by atoms with Gasteiger partial charge in [-0.25, -0.2) is 4.39 Å². The summed E-state index contributed by atoms with van der Waals surface area (Å²) in [5.41, 5.74) is 1.16. The molecule has 0 bridgehead atoms. The molecule has 0 unspecified atom stereocenters. The first-order chi connectivity index (χ1) is 12.0. The average molecular weight is 345 g/mol. The van der Waals surface area contributed by atoms with Gasteiger partial charge in [0, 0.05) is 51.6 Å². The van der Waals surface area contributed by atoms with Gasteiger partial charge in [-0.05, 0) is 18.2 Å². The van der Waals surface area contributed by atoms with Gasteiger partial charge >= 0.3 is 0 Å². The van der Waals surface area contributed by atoms with Crippen LogP contribution in [0.25, 0.3) is 0 Å². The van der Waals surface area contributed by atoms with Crippen molar-refractivity contribution in [1.29, 1.82) is 0 Å². The van der Waals surface area contributed by atoms with Crippen LogP contribution in [0.3, 0.4) is 0 Å². The maximum Gasteiger partial charge on any atom is 0.255 e. The smallest absolute Gasteiger partial charge is 0.255 e. The van der Waals surface area contributed by atoms with E-state index in [9.17, 15) is 14.0 Å². The molecule has 1 aromatic heterocycles. The summed E-state index contributed by atoms with van der Waals surface area (Å²) in [5, 5.41) is 0. The molecule has 0 N–H and O–H groups in total. The van der Waals surface area contributed by atoms with Crippen LogP contribution in [0, 0.1) is 5.82 Å². The summed E-state index contributed by atoms with van der Waals surface area (Å²) >= 11 is 0. The van der Waals surface area contributed by atoms with Gasteiger partial charge < -0.3 is 19.1 Å². The Bertz CT molecular complexity index is 842. The molecule has 1 fully saturated rings. The van der Waals surface area contributed by atoms with Crippen LogP contribution < -0.4 is 15.2 Å². The summed E-state index contributed by atoms with van der Waals surface area (Å²) in [7, 11) is 3.13. The number of aryl methyl sites for hydroxylation is 1. The number of hydrogen-bond acceptors (Lipinski definition) is 4. The minimum absolute atomic E-state index is 0.0960. The third-order valence-corrected chi connectivity index (χ3v) is 4.38. The first-order valence-corrected chi connectivity index (χ1v) is 8.04. The quantitative estimate of drug-likeness (QED) is 0.846. The highest BCUT2D eigenvalue weighted by Gasteiger charge is 2.24. The third kappa shape index (κ3) is 3.50. The van der Waals surface area contributed by atoms with E-state index < -0.39 is 0 Å². The summed E-state index contributed by atoms with van der Waals surface area (Å²) < 4.78 is 20.0. The number of carbonyl (C=O) groups is 1. The SMILES string of the molecule is COc1cc(F)ccc1N1CCN(C(=O)c2ccc(=O)n(C)c2)CC1. The number of rotatable bonds is 3. The summed E-state index contributed by atoms with van der Waals surface area (Å²) in [5.74, 6) is 0.0447. The number of carbonyl (C=O) groups excluding carboxylic acids is 1. The molecule has 25 heavy (non-hydrogen) atoms. The first-order valence-electron chi connectivity index (χ1n) is 8.04. The molecule has 6 nitrogen and oxygen atoms in total. The Kier molecular flexibility index (Phi) is 4.74. The van der Waals surface area contributed by atoms with Gasteiger partial charge in [0.15, 0.2) is 0 Å². The predicted octanol–water partition coefficient (Wildman–Crippen LogP) is 1.50. The lowest BCUT2D eigenvalue weighted by Gasteiger charge is -2.36. The fourth-order valence-corrected chi connectivity index (χ4v) is 2.97. The second-order valence-electron chi connectivity index (χ2n) is 5.96. The van der Waals surface area contributed by atoms with E-state index >= 15 is 0 Å². The maximum absolute atomic E-state index is 13.3. The Balaban J connectivity index is 1.70. The highest BCUT2D eigenvalue weighted by Crippen LogP contribution is 2.29. The molecular formula is C18H20FN3O3. The van der Waals surface area contributed by atoms with Crippen LogP contribution in [-0.2, 0) is 7.05 Å². The fraction of sp³-hybridized carbons (Fsp3) is 0.333. The molecule has 0 atom stereocenters. The lowest BCUT2D eigenvalue weighted by molar-refractivity contribution is 0.0746. The Morgan fingerprint density at radius 3 is 2.48 bits per heavy atom. The van der Waals surface area contributed by atoms with E-state index in [4.69, 9.17) is 4.74 Å². The Hall–Kier alpha value is -2.83. The van der Waals surface area contributed by atoms with Crippen molar-refractivity contribution in [2.24, 2.45) is 7.05 Å². The normalized spacial score (nSPS) is 14.5. The van der Waals surface area contributed by atoms with Crippen molar-refractivity contribution in [1.82, 2.24) is 9.47 Å². The molecule has 1 aliphatic rings. The van der Waals surface area contributed by atoms with Crippen LogP contribution in [0.15, 0.2) is 41.3 Å². The van der Waals surface area contributed by atoms with Crippen molar-refractivity contribution < 1.29 is 13.9 Å². The number of pyridine rings is 1. The van der Waals surface area contributed by atoms with E-state index in [1.165, 1.54) is 29.9 Å². The van der Waals surface area contributed by atoms with Gasteiger partial charge in [0.1, 0.15) is 11.6 Å². The fourth-order valence-electron chi connectivity index (χ4n) is 2.97. The summed E-state index contributed by atoms with van der Waals surface area (Å²) in [6, 6.07) is 7.41. The highest BCUT2D eigenvalue weighted by atomic mass is 19.1. The molecule has 3 rings (SSSR count). The molecule has 2 aromatic rings. The van der Waals surface area contributed by atoms with E-state index in [0.29, 0.717) is 37.5 Å². The molecule has 0 spiro atoms. The molecular weight excluding hydrogens is 325 g/mol. The number of aromatic nitrogens is 1. The maximum atomic E-state index is 13.3. The van der Waals surface area contributed by atoms with Crippen molar-refractivity contribution in [2.45, 2.75) is 0 Å². The summed E-state index contributed by atoms with van der Waals surface area (Å²) in [4.78, 5) is 27.9. The topological polar surface area (TPSA) is 54.8 Å². The number of hydrogen-bond donors (Lipinski definition) is 0. The molecule has 2 heterocycles. The van der Waals surface area contributed by atoms with Gasteiger partial charge in [-0.1, -0.05) is 0 Å². The van der Waals surface area contributed by atoms with Crippen LogP contribution in [0.2, 0.25) is 0 Å². The van der Waals surface area contributed by atoms with Crippen LogP contribution in [0.1, 0.15) is 10.4 Å². The summed E-state index contributed by atoms with van der Waals surface area (Å²) in [6.45, 7) is 2.34. The molecule has 1 amide bonds. The Morgan fingerprint density at radius 2 is 1.84 bits per heavy atom. The van der Waals surface area contributed by atoms with E-state index in [0.717, 1.165) is 5.69 Å². The van der Waals surface area contributed by atoms with Gasteiger partial charge in [0.2, 0.25) is 5.56 Å². The van der Waals surface area contributed by atoms with Crippen molar-refractivity contribution in [3.05, 3.63) is 58.3 Å². The molecule has 1 aromatic carbocycles. The standard InChI is InChI=1S/C18H20FN3O3/c1-20-12-13(3-6-17(20)23)18(24)22-9-7-21(8-10-22)15-5-4-14(19)11-16(15)25-2/h3-6,11-12H,7-10H2,1-2H3. The number of anilines is 1. The van der Waals surface area contributed by atoms with E-state index in [2.05, 4.69) is 4.90 Å². The van der Waals surface area contributed by atoms with Crippen LogP contribution in [-0.4, -0.2) is 48.7 Å². The lowest BCUT2D eigenvalue weighted by Crippen LogP contribution is -2.49. The van der Waals surface area contributed by atoms with Gasteiger partial charge in [-0.15, -0.1) is 0 Å². The average Bonchev–Trinajstić information content (AvgIpc) is 2.63. The number of methoxy groups -OCH3 is 1. The number of nitrogens with zero attached hydrogens (tertiary/aromatic N) is 3. The second-order valence-corrected chi connectivity index (χ2v) is 5.96. The van der Waals surface area contributed by atoms with Gasteiger partial charge in [-0.2, -0.15) is 0 Å². The second kappa shape index (κ2) is 6.96. The molecule has 1 aliphatic heterocycles. The van der Waals surface area contributed by atoms with E-state index in [1.807, 2.05) is 0 Å².